The minimum absolute atomic E-state index is 0.155. The molecule has 0 atom stereocenters. The van der Waals surface area contributed by atoms with Crippen molar-refractivity contribution in [1.82, 2.24) is 25.1 Å². The quantitative estimate of drug-likeness (QED) is 0.404. The Morgan fingerprint density at radius 1 is 0.875 bits per heavy atom. The summed E-state index contributed by atoms with van der Waals surface area (Å²) in [6, 6.07) is 16.5. The van der Waals surface area contributed by atoms with Crippen LogP contribution in [0.25, 0.3) is 44.3 Å². The van der Waals surface area contributed by atoms with E-state index >= 15 is 0 Å². The molecule has 1 aliphatic rings. The fourth-order valence-electron chi connectivity index (χ4n) is 4.57. The van der Waals surface area contributed by atoms with E-state index in [9.17, 15) is 5.11 Å². The van der Waals surface area contributed by atoms with E-state index in [2.05, 4.69) is 67.3 Å². The Bertz CT molecular complexity index is 1430. The molecule has 7 heteroatoms. The van der Waals surface area contributed by atoms with Crippen LogP contribution in [-0.4, -0.2) is 63.4 Å². The van der Waals surface area contributed by atoms with E-state index in [1.165, 1.54) is 17.3 Å². The predicted octanol–water partition coefficient (Wildman–Crippen LogP) is 4.23. The summed E-state index contributed by atoms with van der Waals surface area (Å²) in [7, 11) is 2.18. The molecule has 1 fully saturated rings. The van der Waals surface area contributed by atoms with Crippen molar-refractivity contribution >= 4 is 27.5 Å². The van der Waals surface area contributed by atoms with E-state index in [1.807, 2.05) is 12.1 Å². The van der Waals surface area contributed by atoms with Crippen molar-refractivity contribution in [2.45, 2.75) is 0 Å². The number of pyridine rings is 1. The third-order valence-corrected chi connectivity index (χ3v) is 6.36. The van der Waals surface area contributed by atoms with Crippen molar-refractivity contribution in [2.24, 2.45) is 0 Å². The van der Waals surface area contributed by atoms with Gasteiger partial charge in [0.15, 0.2) is 0 Å². The maximum absolute atomic E-state index is 9.82. The summed E-state index contributed by atoms with van der Waals surface area (Å²) in [6.45, 7) is 4.21. The molecule has 0 unspecified atom stereocenters. The van der Waals surface area contributed by atoms with Crippen molar-refractivity contribution in [3.63, 3.8) is 0 Å². The van der Waals surface area contributed by atoms with Gasteiger partial charge >= 0.3 is 0 Å². The Morgan fingerprint density at radius 3 is 2.59 bits per heavy atom. The molecule has 3 aromatic heterocycles. The first-order valence-corrected chi connectivity index (χ1v) is 10.8. The molecular formula is C25H24N6O. The fraction of sp³-hybridized carbons (Fsp3) is 0.200. The minimum atomic E-state index is 0.155. The van der Waals surface area contributed by atoms with Crippen molar-refractivity contribution in [1.29, 1.82) is 0 Å². The highest BCUT2D eigenvalue weighted by molar-refractivity contribution is 6.01. The Labute approximate surface area is 185 Å². The van der Waals surface area contributed by atoms with Crippen LogP contribution in [-0.2, 0) is 0 Å². The van der Waals surface area contributed by atoms with E-state index in [0.717, 1.165) is 65.1 Å². The summed E-state index contributed by atoms with van der Waals surface area (Å²) in [5.74, 6) is 0.155. The molecule has 5 aromatic rings. The molecule has 4 heterocycles. The number of hydrogen-bond donors (Lipinski definition) is 3. The van der Waals surface area contributed by atoms with E-state index in [4.69, 9.17) is 0 Å². The summed E-state index contributed by atoms with van der Waals surface area (Å²) in [6.07, 6.45) is 3.19. The van der Waals surface area contributed by atoms with Gasteiger partial charge in [-0.1, -0.05) is 12.1 Å². The molecule has 6 rings (SSSR count). The first-order valence-electron chi connectivity index (χ1n) is 10.8. The summed E-state index contributed by atoms with van der Waals surface area (Å²) < 4.78 is 0. The van der Waals surface area contributed by atoms with E-state index < -0.39 is 0 Å². The number of likely N-dealkylation sites (N-methyl/N-ethyl adjacent to an activating group) is 1. The predicted molar refractivity (Wildman–Crippen MR) is 128 cm³/mol. The number of aromatic hydroxyl groups is 1. The second-order valence-corrected chi connectivity index (χ2v) is 8.48. The van der Waals surface area contributed by atoms with Gasteiger partial charge in [-0.2, -0.15) is 5.10 Å². The minimum Gasteiger partial charge on any atom is -0.506 e. The van der Waals surface area contributed by atoms with E-state index in [-0.39, 0.29) is 5.75 Å². The normalized spacial score (nSPS) is 15.1. The largest absolute Gasteiger partial charge is 0.506 e. The standard InChI is InChI=1S/C25H24N6O/c1-30-7-9-31(10-8-30)24-4-2-3-21-19(24)13-23(27-21)25-20-12-16(5-6-22(20)28-29-25)17-11-18(32)15-26-14-17/h2-6,11-15,27,32H,7-10H2,1H3,(H,28,29). The molecule has 0 aliphatic carbocycles. The molecule has 0 radical (unpaired) electrons. The van der Waals surface area contributed by atoms with Crippen molar-refractivity contribution in [2.75, 3.05) is 38.1 Å². The summed E-state index contributed by atoms with van der Waals surface area (Å²) >= 11 is 0. The van der Waals surface area contributed by atoms with Crippen molar-refractivity contribution in [3.8, 4) is 28.3 Å². The second kappa shape index (κ2) is 7.39. The third kappa shape index (κ3) is 3.18. The number of piperazine rings is 1. The van der Waals surface area contributed by atoms with E-state index in [1.54, 1.807) is 12.3 Å². The maximum Gasteiger partial charge on any atom is 0.134 e. The number of fused-ring (bicyclic) bond motifs is 2. The second-order valence-electron chi connectivity index (χ2n) is 8.48. The summed E-state index contributed by atoms with van der Waals surface area (Å²) in [4.78, 5) is 12.5. The zero-order valence-corrected chi connectivity index (χ0v) is 17.8. The maximum atomic E-state index is 9.82. The number of nitrogens with one attached hydrogen (secondary N) is 2. The molecule has 32 heavy (non-hydrogen) atoms. The first-order chi connectivity index (χ1) is 15.7. The molecule has 0 spiro atoms. The Balaban J connectivity index is 1.44. The molecule has 1 aliphatic heterocycles. The van der Waals surface area contributed by atoms with Gasteiger partial charge in [-0.05, 0) is 49.0 Å². The number of anilines is 1. The van der Waals surface area contributed by atoms with Gasteiger partial charge in [0, 0.05) is 59.9 Å². The van der Waals surface area contributed by atoms with Gasteiger partial charge in [0.05, 0.1) is 17.4 Å². The zero-order valence-electron chi connectivity index (χ0n) is 17.8. The lowest BCUT2D eigenvalue weighted by atomic mass is 10.0. The van der Waals surface area contributed by atoms with Crippen LogP contribution in [0.5, 0.6) is 5.75 Å². The lowest BCUT2D eigenvalue weighted by Crippen LogP contribution is -2.44. The molecule has 1 saturated heterocycles. The average Bonchev–Trinajstić information content (AvgIpc) is 3.43. The van der Waals surface area contributed by atoms with Crippen LogP contribution in [0, 0.1) is 0 Å². The topological polar surface area (TPSA) is 84.1 Å². The van der Waals surface area contributed by atoms with Gasteiger partial charge in [0.2, 0.25) is 0 Å². The Kier molecular flexibility index (Phi) is 4.36. The van der Waals surface area contributed by atoms with Gasteiger partial charge in [0.25, 0.3) is 0 Å². The lowest BCUT2D eigenvalue weighted by molar-refractivity contribution is 0.313. The Morgan fingerprint density at radius 2 is 1.75 bits per heavy atom. The summed E-state index contributed by atoms with van der Waals surface area (Å²) in [5.41, 5.74) is 7.07. The number of benzene rings is 2. The van der Waals surface area contributed by atoms with Gasteiger partial charge < -0.3 is 19.9 Å². The van der Waals surface area contributed by atoms with Crippen LogP contribution in [0.1, 0.15) is 0 Å². The first kappa shape index (κ1) is 18.9. The van der Waals surface area contributed by atoms with Crippen molar-refractivity contribution < 1.29 is 5.11 Å². The average molecular weight is 425 g/mol. The lowest BCUT2D eigenvalue weighted by Gasteiger charge is -2.34. The van der Waals surface area contributed by atoms with Gasteiger partial charge in [-0.3, -0.25) is 10.1 Å². The summed E-state index contributed by atoms with van der Waals surface area (Å²) in [5, 5.41) is 19.8. The number of aromatic nitrogens is 4. The highest BCUT2D eigenvalue weighted by Crippen LogP contribution is 2.35. The van der Waals surface area contributed by atoms with E-state index in [0.29, 0.717) is 0 Å². The highest BCUT2D eigenvalue weighted by Gasteiger charge is 2.19. The van der Waals surface area contributed by atoms with Crippen LogP contribution >= 0.6 is 0 Å². The molecule has 0 bridgehead atoms. The van der Waals surface area contributed by atoms with Crippen LogP contribution in [0.3, 0.4) is 0 Å². The monoisotopic (exact) mass is 424 g/mol. The number of H-pyrrole nitrogens is 2. The van der Waals surface area contributed by atoms with Crippen LogP contribution in [0.2, 0.25) is 0 Å². The molecule has 160 valence electrons. The molecule has 3 N–H and O–H groups in total. The molecule has 0 amide bonds. The Hall–Kier alpha value is -3.84. The number of rotatable bonds is 3. The van der Waals surface area contributed by atoms with Crippen molar-refractivity contribution in [3.05, 3.63) is 60.9 Å². The molecular weight excluding hydrogens is 400 g/mol. The van der Waals surface area contributed by atoms with Gasteiger partial charge in [0.1, 0.15) is 11.4 Å². The SMILES string of the molecule is CN1CCN(c2cccc3[nH]c(-c4n[nH]c5ccc(-c6cncc(O)c6)cc45)cc23)CC1. The fourth-order valence-corrected chi connectivity index (χ4v) is 4.57. The number of hydrogen-bond acceptors (Lipinski definition) is 5. The highest BCUT2D eigenvalue weighted by atomic mass is 16.3. The molecule has 2 aromatic carbocycles. The van der Waals surface area contributed by atoms with Crippen LogP contribution < -0.4 is 4.90 Å². The smallest absolute Gasteiger partial charge is 0.134 e. The number of nitrogens with zero attached hydrogens (tertiary/aromatic N) is 4. The van der Waals surface area contributed by atoms with Crippen LogP contribution in [0.4, 0.5) is 5.69 Å². The van der Waals surface area contributed by atoms with Gasteiger partial charge in [-0.15, -0.1) is 0 Å². The third-order valence-electron chi connectivity index (χ3n) is 6.36. The molecule has 7 nitrogen and oxygen atoms in total. The van der Waals surface area contributed by atoms with Crippen LogP contribution in [0.15, 0.2) is 60.9 Å². The zero-order chi connectivity index (χ0) is 21.7. The van der Waals surface area contributed by atoms with Gasteiger partial charge in [-0.25, -0.2) is 0 Å². The number of aromatic amines is 2. The molecule has 0 saturated carbocycles.